The van der Waals surface area contributed by atoms with Crippen LogP contribution in [-0.2, 0) is 4.79 Å². The topological polar surface area (TPSA) is 79.7 Å². The highest BCUT2D eigenvalue weighted by Gasteiger charge is 2.36. The Morgan fingerprint density at radius 1 is 1.32 bits per heavy atom. The lowest BCUT2D eigenvalue weighted by Crippen LogP contribution is -2.50. The quantitative estimate of drug-likeness (QED) is 0.897. The molecule has 0 bridgehead atoms. The fraction of sp³-hybridized carbons (Fsp3) is 0.462. The number of hydrogen-bond donors (Lipinski definition) is 1. The Labute approximate surface area is 124 Å². The fourth-order valence-electron chi connectivity index (χ4n) is 1.34. The lowest BCUT2D eigenvalue weighted by Gasteiger charge is -2.31. The predicted octanol–water partition coefficient (Wildman–Crippen LogP) is 1.96. The summed E-state index contributed by atoms with van der Waals surface area (Å²) in [6.07, 6.45) is -4.52. The van der Waals surface area contributed by atoms with Gasteiger partial charge in [0.25, 0.3) is 5.91 Å². The molecule has 9 heteroatoms. The Morgan fingerprint density at radius 3 is 2.41 bits per heavy atom. The van der Waals surface area contributed by atoms with E-state index in [0.717, 1.165) is 4.90 Å². The maximum absolute atomic E-state index is 12.2. The van der Waals surface area contributed by atoms with Gasteiger partial charge in [0.2, 0.25) is 5.88 Å². The monoisotopic (exact) mass is 320 g/mol. The number of ether oxygens (including phenoxy) is 1. The van der Waals surface area contributed by atoms with Gasteiger partial charge in [-0.15, -0.1) is 0 Å². The molecule has 0 saturated heterocycles. The van der Waals surface area contributed by atoms with Crippen LogP contribution in [0.15, 0.2) is 18.2 Å². The highest BCUT2D eigenvalue weighted by Crippen LogP contribution is 2.19. The van der Waals surface area contributed by atoms with Crippen molar-refractivity contribution in [2.75, 3.05) is 13.7 Å². The summed E-state index contributed by atoms with van der Waals surface area (Å²) in [6, 6.07) is 3.73. The number of aromatic nitrogens is 1. The van der Waals surface area contributed by atoms with Gasteiger partial charge < -0.3 is 14.7 Å². The molecule has 1 N–H and O–H groups in total. The van der Waals surface area contributed by atoms with Crippen LogP contribution in [0.25, 0.3) is 0 Å². The number of aliphatic carboxylic acids is 1. The van der Waals surface area contributed by atoms with E-state index in [9.17, 15) is 22.8 Å². The molecule has 1 amide bonds. The van der Waals surface area contributed by atoms with E-state index in [0.29, 0.717) is 0 Å². The Bertz CT molecular complexity index is 573. The molecule has 0 radical (unpaired) electrons. The summed E-state index contributed by atoms with van der Waals surface area (Å²) in [7, 11) is 1.27. The maximum Gasteiger partial charge on any atom is 0.422 e. The van der Waals surface area contributed by atoms with Crippen molar-refractivity contribution in [3.8, 4) is 5.88 Å². The lowest BCUT2D eigenvalue weighted by atomic mass is 10.0. The summed E-state index contributed by atoms with van der Waals surface area (Å²) in [4.78, 5) is 27.9. The molecule has 0 aromatic carbocycles. The van der Waals surface area contributed by atoms with Crippen LogP contribution in [0.4, 0.5) is 13.2 Å². The van der Waals surface area contributed by atoms with Crippen LogP contribution in [0.1, 0.15) is 24.3 Å². The van der Waals surface area contributed by atoms with Gasteiger partial charge in [-0.05, 0) is 19.9 Å². The zero-order chi connectivity index (χ0) is 17.1. The first-order valence-corrected chi connectivity index (χ1v) is 6.13. The molecule has 0 atom stereocenters. The summed E-state index contributed by atoms with van der Waals surface area (Å²) < 4.78 is 40.7. The Morgan fingerprint density at radius 2 is 1.91 bits per heavy atom. The number of carboxylic acids is 1. The minimum Gasteiger partial charge on any atom is -0.480 e. The van der Waals surface area contributed by atoms with Gasteiger partial charge in [-0.25, -0.2) is 9.78 Å². The highest BCUT2D eigenvalue weighted by molar-refractivity contribution is 5.96. The van der Waals surface area contributed by atoms with E-state index >= 15 is 0 Å². The molecule has 0 aliphatic heterocycles. The van der Waals surface area contributed by atoms with Crippen LogP contribution in [0, 0.1) is 0 Å². The molecule has 1 aromatic heterocycles. The third-order valence-corrected chi connectivity index (χ3v) is 2.99. The number of halogens is 3. The van der Waals surface area contributed by atoms with E-state index < -0.39 is 30.2 Å². The van der Waals surface area contributed by atoms with Crippen LogP contribution < -0.4 is 4.74 Å². The number of alkyl halides is 3. The van der Waals surface area contributed by atoms with E-state index in [-0.39, 0.29) is 11.6 Å². The number of nitrogens with zero attached hydrogens (tertiary/aromatic N) is 2. The molecule has 0 fully saturated rings. The SMILES string of the molecule is CN(C(=O)c1cccc(OCC(F)(F)F)n1)C(C)(C)C(=O)O. The summed E-state index contributed by atoms with van der Waals surface area (Å²) in [5.74, 6) is -2.35. The lowest BCUT2D eigenvalue weighted by molar-refractivity contribution is -0.154. The van der Waals surface area contributed by atoms with Gasteiger partial charge in [-0.1, -0.05) is 6.07 Å². The molecule has 0 aliphatic carbocycles. The van der Waals surface area contributed by atoms with Crippen LogP contribution in [-0.4, -0.2) is 52.2 Å². The molecule has 1 rings (SSSR count). The van der Waals surface area contributed by atoms with Gasteiger partial charge in [0.05, 0.1) is 0 Å². The van der Waals surface area contributed by atoms with E-state index in [1.165, 1.54) is 39.1 Å². The summed E-state index contributed by atoms with van der Waals surface area (Å²) in [5.41, 5.74) is -1.71. The number of amides is 1. The minimum absolute atomic E-state index is 0.212. The number of likely N-dealkylation sites (N-methyl/N-ethyl adjacent to an activating group) is 1. The predicted molar refractivity (Wildman–Crippen MR) is 69.6 cm³/mol. The number of pyridine rings is 1. The smallest absolute Gasteiger partial charge is 0.422 e. The molecular weight excluding hydrogens is 305 g/mol. The maximum atomic E-state index is 12.2. The van der Waals surface area contributed by atoms with Crippen LogP contribution >= 0.6 is 0 Å². The number of carboxylic acid groups (broad SMARTS) is 1. The largest absolute Gasteiger partial charge is 0.480 e. The molecule has 0 spiro atoms. The van der Waals surface area contributed by atoms with Gasteiger partial charge >= 0.3 is 12.1 Å². The normalized spacial score (nSPS) is 11.9. The third-order valence-electron chi connectivity index (χ3n) is 2.99. The average molecular weight is 320 g/mol. The zero-order valence-electron chi connectivity index (χ0n) is 12.1. The Kier molecular flexibility index (Phi) is 5.00. The minimum atomic E-state index is -4.52. The first-order chi connectivity index (χ1) is 9.95. The average Bonchev–Trinajstić information content (AvgIpc) is 2.43. The van der Waals surface area contributed by atoms with E-state index in [2.05, 4.69) is 9.72 Å². The number of carbonyl (C=O) groups is 2. The van der Waals surface area contributed by atoms with Crippen molar-refractivity contribution in [3.05, 3.63) is 23.9 Å². The van der Waals surface area contributed by atoms with Crippen molar-refractivity contribution < 1.29 is 32.6 Å². The van der Waals surface area contributed by atoms with Crippen molar-refractivity contribution >= 4 is 11.9 Å². The zero-order valence-corrected chi connectivity index (χ0v) is 12.1. The van der Waals surface area contributed by atoms with Gasteiger partial charge in [-0.2, -0.15) is 13.2 Å². The molecule has 0 aliphatic rings. The Balaban J connectivity index is 2.93. The molecule has 0 saturated carbocycles. The van der Waals surface area contributed by atoms with Crippen molar-refractivity contribution in [2.45, 2.75) is 25.6 Å². The third kappa shape index (κ3) is 4.34. The van der Waals surface area contributed by atoms with E-state index in [1.807, 2.05) is 0 Å². The Hall–Kier alpha value is -2.32. The first kappa shape index (κ1) is 17.7. The summed E-state index contributed by atoms with van der Waals surface area (Å²) >= 11 is 0. The van der Waals surface area contributed by atoms with Crippen molar-refractivity contribution in [1.82, 2.24) is 9.88 Å². The molecule has 0 unspecified atom stereocenters. The second kappa shape index (κ2) is 6.20. The standard InChI is InChI=1S/C13H15F3N2O4/c1-12(2,11(20)21)18(3)10(19)8-5-4-6-9(17-8)22-7-13(14,15)16/h4-6H,7H2,1-3H3,(H,20,21). The summed E-state index contributed by atoms with van der Waals surface area (Å²) in [6.45, 7) is 1.10. The number of carbonyl (C=O) groups excluding carboxylic acids is 1. The number of rotatable bonds is 5. The van der Waals surface area contributed by atoms with Gasteiger partial charge in [-0.3, -0.25) is 4.79 Å². The van der Waals surface area contributed by atoms with Crippen LogP contribution in [0.2, 0.25) is 0 Å². The molecule has 6 nitrogen and oxygen atoms in total. The second-order valence-corrected chi connectivity index (χ2v) is 4.99. The highest BCUT2D eigenvalue weighted by atomic mass is 19.4. The first-order valence-electron chi connectivity index (χ1n) is 6.13. The van der Waals surface area contributed by atoms with Gasteiger partial charge in [0.15, 0.2) is 6.61 Å². The second-order valence-electron chi connectivity index (χ2n) is 4.99. The van der Waals surface area contributed by atoms with Gasteiger partial charge in [0.1, 0.15) is 11.2 Å². The van der Waals surface area contributed by atoms with Crippen LogP contribution in [0.3, 0.4) is 0 Å². The molecule has 122 valence electrons. The number of hydrogen-bond acceptors (Lipinski definition) is 4. The van der Waals surface area contributed by atoms with E-state index in [4.69, 9.17) is 5.11 Å². The van der Waals surface area contributed by atoms with Crippen molar-refractivity contribution in [2.24, 2.45) is 0 Å². The van der Waals surface area contributed by atoms with Crippen molar-refractivity contribution in [1.29, 1.82) is 0 Å². The summed E-state index contributed by atoms with van der Waals surface area (Å²) in [5, 5.41) is 9.07. The molecular formula is C13H15F3N2O4. The van der Waals surface area contributed by atoms with Gasteiger partial charge in [0, 0.05) is 13.1 Å². The van der Waals surface area contributed by atoms with Crippen molar-refractivity contribution in [3.63, 3.8) is 0 Å². The van der Waals surface area contributed by atoms with E-state index in [1.54, 1.807) is 0 Å². The molecule has 1 heterocycles. The fourth-order valence-corrected chi connectivity index (χ4v) is 1.34. The molecule has 22 heavy (non-hydrogen) atoms. The van der Waals surface area contributed by atoms with Crippen LogP contribution in [0.5, 0.6) is 5.88 Å². The molecule has 1 aromatic rings.